The highest BCUT2D eigenvalue weighted by molar-refractivity contribution is 5.22. The second kappa shape index (κ2) is 19.0. The Morgan fingerprint density at radius 2 is 1.32 bits per heavy atom. The topological polar surface area (TPSA) is 298 Å². The lowest BCUT2D eigenvalue weighted by Gasteiger charge is -2.72. The third-order valence-corrected chi connectivity index (χ3v) is 18.3. The first kappa shape index (κ1) is 51.9. The monoisotopic (exact) mass is 933 g/mol. The van der Waals surface area contributed by atoms with Crippen LogP contribution in [-0.2, 0) is 28.4 Å². The van der Waals surface area contributed by atoms with Gasteiger partial charge in [-0.15, -0.1) is 0 Å². The van der Waals surface area contributed by atoms with E-state index in [0.29, 0.717) is 51.4 Å². The molecule has 0 spiro atoms. The average molecular weight is 933 g/mol. The zero-order valence-electron chi connectivity index (χ0n) is 39.3. The number of hydrogen-bond donors (Lipinski definition) is 12. The number of allylic oxidation sites excluding steroid dienone is 2. The van der Waals surface area contributed by atoms with Crippen LogP contribution in [0, 0.1) is 45.3 Å². The predicted molar refractivity (Wildman–Crippen MR) is 229 cm³/mol. The fourth-order valence-corrected chi connectivity index (χ4v) is 14.6. The van der Waals surface area contributed by atoms with Gasteiger partial charge in [-0.1, -0.05) is 46.3 Å². The van der Waals surface area contributed by atoms with Gasteiger partial charge in [0.2, 0.25) is 0 Å². The van der Waals surface area contributed by atoms with E-state index in [-0.39, 0.29) is 30.3 Å². The molecule has 0 radical (unpaired) electrons. The number of aliphatic hydroxyl groups is 12. The van der Waals surface area contributed by atoms with Gasteiger partial charge in [-0.25, -0.2) is 0 Å². The summed E-state index contributed by atoms with van der Waals surface area (Å²) in [5.41, 5.74) is -2.28. The summed E-state index contributed by atoms with van der Waals surface area (Å²) in [4.78, 5) is 0. The smallest absolute Gasteiger partial charge is 0.187 e. The van der Waals surface area contributed by atoms with Crippen LogP contribution in [0.5, 0.6) is 0 Å². The summed E-state index contributed by atoms with van der Waals surface area (Å²) in [6.07, 6.45) is -16.7. The fraction of sp³-hybridized carbons (Fsp3) is 0.957. The molecule has 0 unspecified atom stereocenters. The number of aliphatic hydroxyl groups excluding tert-OH is 12. The van der Waals surface area contributed by atoms with E-state index in [9.17, 15) is 61.3 Å². The van der Waals surface area contributed by atoms with Crippen LogP contribution in [0.1, 0.15) is 107 Å². The van der Waals surface area contributed by atoms with Crippen LogP contribution in [0.4, 0.5) is 0 Å². The van der Waals surface area contributed by atoms with Crippen molar-refractivity contribution in [3.63, 3.8) is 0 Å². The van der Waals surface area contributed by atoms with Gasteiger partial charge in [0, 0.05) is 0 Å². The van der Waals surface area contributed by atoms with Crippen LogP contribution in [0.3, 0.4) is 0 Å². The third kappa shape index (κ3) is 8.83. The number of rotatable bonds is 12. The lowest BCUT2D eigenvalue weighted by molar-refractivity contribution is -0.352. The number of fused-ring (bicyclic) bond motifs is 5. The molecule has 0 aromatic carbocycles. The fourth-order valence-electron chi connectivity index (χ4n) is 14.6. The second-order valence-electron chi connectivity index (χ2n) is 22.6. The Kier molecular flexibility index (Phi) is 15.1. The lowest BCUT2D eigenvalue weighted by atomic mass is 9.34. The molecule has 12 N–H and O–H groups in total. The normalized spacial score (nSPS) is 53.0. The molecule has 0 bridgehead atoms. The Morgan fingerprint density at radius 1 is 0.708 bits per heavy atom. The van der Waals surface area contributed by atoms with Crippen molar-refractivity contribution >= 4 is 0 Å². The van der Waals surface area contributed by atoms with Gasteiger partial charge >= 0.3 is 0 Å². The van der Waals surface area contributed by atoms with Crippen LogP contribution < -0.4 is 0 Å². The molecule has 25 atom stereocenters. The van der Waals surface area contributed by atoms with Gasteiger partial charge < -0.3 is 89.7 Å². The molecule has 3 heterocycles. The molecular formula is C47H80O18. The van der Waals surface area contributed by atoms with Gasteiger partial charge in [-0.2, -0.15) is 0 Å². The van der Waals surface area contributed by atoms with E-state index in [0.717, 1.165) is 5.57 Å². The van der Waals surface area contributed by atoms with Crippen molar-refractivity contribution in [1.82, 2.24) is 0 Å². The number of hydrogen-bond acceptors (Lipinski definition) is 18. The minimum absolute atomic E-state index is 0.0498. The largest absolute Gasteiger partial charge is 0.394 e. The Bertz CT molecular complexity index is 1660. The van der Waals surface area contributed by atoms with Gasteiger partial charge in [0.15, 0.2) is 18.9 Å². The van der Waals surface area contributed by atoms with E-state index in [1.807, 2.05) is 34.6 Å². The maximum absolute atomic E-state index is 12.7. The molecule has 3 aliphatic heterocycles. The third-order valence-electron chi connectivity index (χ3n) is 18.3. The van der Waals surface area contributed by atoms with Crippen molar-refractivity contribution in [2.45, 2.75) is 217 Å². The van der Waals surface area contributed by atoms with Gasteiger partial charge in [-0.05, 0) is 117 Å². The standard InChI is InChI=1S/C47H80O18/c1-21(2)10-9-13-47(8,65-42-38(59)35(56)33(54)27(64-42)20-61-40-36(57)31(52)24(50)19-60-40)22-11-15-45(6)30(22)23(49)16-28-44(5)14-12-29(51)43(3,4)39(44)25(17-46(28,45)7)62-41-37(58)34(55)32(53)26(18-48)63-41/h10,22-42,48-59H,9,11-20H2,1-8H3/t22-,23+,24-,25-,26+,27+,28+,29-,30-,31-,32+,33+,34-,35-,36+,37+,38+,39-,40-,41+,42-,44+,45+,46+,47-/m0/s1. The molecule has 18 heteroatoms. The minimum Gasteiger partial charge on any atom is -0.394 e. The Morgan fingerprint density at radius 3 is 1.97 bits per heavy atom. The van der Waals surface area contributed by atoms with Gasteiger partial charge in [0.1, 0.15) is 67.1 Å². The van der Waals surface area contributed by atoms with Crippen molar-refractivity contribution in [2.24, 2.45) is 45.3 Å². The summed E-state index contributed by atoms with van der Waals surface area (Å²) in [5.74, 6) is -1.03. The van der Waals surface area contributed by atoms with Gasteiger partial charge in [0.25, 0.3) is 0 Å². The van der Waals surface area contributed by atoms with E-state index in [1.165, 1.54) is 0 Å². The zero-order chi connectivity index (χ0) is 47.9. The first-order valence-corrected chi connectivity index (χ1v) is 23.9. The summed E-state index contributed by atoms with van der Waals surface area (Å²) in [6.45, 7) is 15.3. The SMILES string of the molecule is CC(C)=CCC[C@](C)(O[C@@H]1O[C@H](CO[C@@H]2OC[C@H](O)[C@H](O)[C@H]2O)[C@@H](O)[C@H](O)[C@H]1O)[C@H]1CC[C@]2(C)[C@@H]1[C@H](O)C[C@@H]1[C@@]3(C)CC[C@H](O)C(C)(C)[C@@H]3[C@@H](O[C@@H]3O[C@H](CO)[C@@H](O)[C@H](O)[C@H]3O)C[C@]12C. The summed E-state index contributed by atoms with van der Waals surface area (Å²) in [5, 5.41) is 131. The van der Waals surface area contributed by atoms with Crippen molar-refractivity contribution in [3.8, 4) is 0 Å². The minimum atomic E-state index is -1.72. The summed E-state index contributed by atoms with van der Waals surface area (Å²) in [7, 11) is 0. The molecule has 7 rings (SSSR count). The molecule has 7 fully saturated rings. The Labute approximate surface area is 382 Å². The molecule has 7 aliphatic rings. The van der Waals surface area contributed by atoms with Crippen LogP contribution in [0.15, 0.2) is 11.6 Å². The van der Waals surface area contributed by atoms with Crippen LogP contribution in [-0.4, -0.2) is 191 Å². The molecule has 376 valence electrons. The second-order valence-corrected chi connectivity index (χ2v) is 22.6. The highest BCUT2D eigenvalue weighted by Gasteiger charge is 2.74. The molecule has 0 aromatic heterocycles. The summed E-state index contributed by atoms with van der Waals surface area (Å²) in [6, 6.07) is 0. The van der Waals surface area contributed by atoms with Gasteiger partial charge in [0.05, 0.1) is 43.7 Å². The number of ether oxygens (including phenoxy) is 6. The van der Waals surface area contributed by atoms with E-state index in [4.69, 9.17) is 28.4 Å². The molecule has 0 aromatic rings. The molecule has 18 nitrogen and oxygen atoms in total. The average Bonchev–Trinajstić information content (AvgIpc) is 3.63. The van der Waals surface area contributed by atoms with Crippen molar-refractivity contribution in [1.29, 1.82) is 0 Å². The highest BCUT2D eigenvalue weighted by atomic mass is 16.7. The maximum atomic E-state index is 12.7. The predicted octanol–water partition coefficient (Wildman–Crippen LogP) is -0.417. The Balaban J connectivity index is 1.20. The summed E-state index contributed by atoms with van der Waals surface area (Å²) < 4.78 is 37.0. The van der Waals surface area contributed by atoms with Crippen molar-refractivity contribution < 1.29 is 89.7 Å². The van der Waals surface area contributed by atoms with Crippen molar-refractivity contribution in [3.05, 3.63) is 11.6 Å². The molecule has 4 saturated carbocycles. The van der Waals surface area contributed by atoms with Crippen LogP contribution in [0.2, 0.25) is 0 Å². The lowest BCUT2D eigenvalue weighted by Crippen LogP contribution is -2.71. The Hall–Kier alpha value is -0.980. The first-order valence-electron chi connectivity index (χ1n) is 23.9. The zero-order valence-corrected chi connectivity index (χ0v) is 39.3. The van der Waals surface area contributed by atoms with E-state index >= 15 is 0 Å². The van der Waals surface area contributed by atoms with Gasteiger partial charge in [-0.3, -0.25) is 0 Å². The first-order chi connectivity index (χ1) is 30.3. The van der Waals surface area contributed by atoms with E-state index in [2.05, 4.69) is 26.8 Å². The van der Waals surface area contributed by atoms with Crippen LogP contribution >= 0.6 is 0 Å². The summed E-state index contributed by atoms with van der Waals surface area (Å²) >= 11 is 0. The molecule has 4 aliphatic carbocycles. The quantitative estimate of drug-likeness (QED) is 0.0874. The molecule has 0 amide bonds. The molecular weight excluding hydrogens is 852 g/mol. The maximum Gasteiger partial charge on any atom is 0.187 e. The van der Waals surface area contributed by atoms with Crippen LogP contribution in [0.25, 0.3) is 0 Å². The van der Waals surface area contributed by atoms with Crippen molar-refractivity contribution in [2.75, 3.05) is 19.8 Å². The molecule has 65 heavy (non-hydrogen) atoms. The van der Waals surface area contributed by atoms with E-state index in [1.54, 1.807) is 0 Å². The highest BCUT2D eigenvalue weighted by Crippen LogP contribution is 2.76. The van der Waals surface area contributed by atoms with E-state index < -0.39 is 145 Å². The molecule has 3 saturated heterocycles.